The molecule has 2 aliphatic heterocycles. The summed E-state index contributed by atoms with van der Waals surface area (Å²) in [7, 11) is 1.77. The van der Waals surface area contributed by atoms with Gasteiger partial charge in [0.15, 0.2) is 5.82 Å². The van der Waals surface area contributed by atoms with E-state index < -0.39 is 30.9 Å². The number of amides is 1. The molecule has 0 spiro atoms. The highest BCUT2D eigenvalue weighted by atomic mass is 35.5. The molecule has 1 amide bonds. The molecule has 196 valence electrons. The van der Waals surface area contributed by atoms with Crippen molar-refractivity contribution >= 4 is 35.0 Å². The van der Waals surface area contributed by atoms with E-state index in [1.807, 2.05) is 4.90 Å². The van der Waals surface area contributed by atoms with E-state index >= 15 is 0 Å². The number of H-pyrrole nitrogens is 1. The second-order valence-corrected chi connectivity index (χ2v) is 9.82. The second-order valence-electron chi connectivity index (χ2n) is 9.42. The molecule has 0 unspecified atom stereocenters. The first-order chi connectivity index (χ1) is 18.2. The van der Waals surface area contributed by atoms with Crippen LogP contribution in [0.4, 0.5) is 30.6 Å². The van der Waals surface area contributed by atoms with Crippen molar-refractivity contribution in [2.45, 2.75) is 18.9 Å². The number of halogens is 4. The zero-order valence-electron chi connectivity index (χ0n) is 20.2. The molecule has 13 heteroatoms. The third-order valence-electron chi connectivity index (χ3n) is 6.86. The molecule has 2 aliphatic rings. The first-order valence-electron chi connectivity index (χ1n) is 11.9. The lowest BCUT2D eigenvalue weighted by Gasteiger charge is -2.38. The molecule has 3 aromatic heterocycles. The number of anilines is 3. The summed E-state index contributed by atoms with van der Waals surface area (Å²) in [5.74, 6) is -2.85. The number of benzene rings is 1. The first-order valence-corrected chi connectivity index (χ1v) is 12.2. The Kier molecular flexibility index (Phi) is 5.78. The standard InChI is InChI=1S/C25H22ClF3N8O/c1-35-19(23(38)37-12-25(28,29)13-37)8-15-6-7-36(11-20(15)35)24-30-10-18(26)22(33-24)32-16-4-2-14(3-5-16)17-9-31-34-21(17)27/h2-5,8-10H,6-7,11-13H2,1H3,(H,31,34)(H,30,32,33). The van der Waals surface area contributed by atoms with Gasteiger partial charge < -0.3 is 19.7 Å². The summed E-state index contributed by atoms with van der Waals surface area (Å²) in [6.45, 7) is -0.0456. The highest BCUT2D eigenvalue weighted by Crippen LogP contribution is 2.32. The molecule has 0 atom stereocenters. The molecule has 1 aromatic carbocycles. The van der Waals surface area contributed by atoms with E-state index in [1.54, 1.807) is 41.9 Å². The van der Waals surface area contributed by atoms with Crippen LogP contribution in [0.3, 0.4) is 0 Å². The molecule has 2 N–H and O–H groups in total. The fraction of sp³-hybridized carbons (Fsp3) is 0.280. The van der Waals surface area contributed by atoms with Crippen molar-refractivity contribution in [3.8, 4) is 11.1 Å². The van der Waals surface area contributed by atoms with Gasteiger partial charge in [0.25, 0.3) is 11.8 Å². The molecule has 0 aliphatic carbocycles. The lowest BCUT2D eigenvalue weighted by atomic mass is 10.1. The van der Waals surface area contributed by atoms with Gasteiger partial charge in [0.05, 0.1) is 37.6 Å². The molecular formula is C25H22ClF3N8O. The minimum atomic E-state index is -2.81. The zero-order chi connectivity index (χ0) is 26.6. The van der Waals surface area contributed by atoms with Crippen LogP contribution in [0.5, 0.6) is 0 Å². The third kappa shape index (κ3) is 4.34. The summed E-state index contributed by atoms with van der Waals surface area (Å²) in [5.41, 5.74) is 4.04. The minimum Gasteiger partial charge on any atom is -0.342 e. The Labute approximate surface area is 220 Å². The van der Waals surface area contributed by atoms with Gasteiger partial charge in [-0.3, -0.25) is 9.89 Å². The van der Waals surface area contributed by atoms with Crippen LogP contribution in [0.25, 0.3) is 11.1 Å². The number of alkyl halides is 2. The van der Waals surface area contributed by atoms with E-state index in [2.05, 4.69) is 25.5 Å². The predicted molar refractivity (Wildman–Crippen MR) is 135 cm³/mol. The molecule has 5 heterocycles. The minimum absolute atomic E-state index is 0.328. The topological polar surface area (TPSA) is 95.0 Å². The normalized spacial score (nSPS) is 16.2. The van der Waals surface area contributed by atoms with Gasteiger partial charge in [-0.15, -0.1) is 0 Å². The fourth-order valence-corrected chi connectivity index (χ4v) is 4.92. The Morgan fingerprint density at radius 2 is 1.95 bits per heavy atom. The van der Waals surface area contributed by atoms with Gasteiger partial charge in [0, 0.05) is 25.0 Å². The SMILES string of the molecule is Cn1c(C(=O)N2CC(F)(F)C2)cc2c1CN(c1ncc(Cl)c(Nc3ccc(-c4cn[nH]c4F)cc3)n1)CC2. The van der Waals surface area contributed by atoms with Gasteiger partial charge in [-0.25, -0.2) is 13.8 Å². The van der Waals surface area contributed by atoms with Crippen LogP contribution < -0.4 is 10.2 Å². The zero-order valence-corrected chi connectivity index (χ0v) is 20.9. The van der Waals surface area contributed by atoms with Gasteiger partial charge in [0.1, 0.15) is 10.7 Å². The molecular weight excluding hydrogens is 521 g/mol. The predicted octanol–water partition coefficient (Wildman–Crippen LogP) is 4.40. The van der Waals surface area contributed by atoms with Crippen molar-refractivity contribution in [2.75, 3.05) is 29.9 Å². The van der Waals surface area contributed by atoms with E-state index in [4.69, 9.17) is 11.6 Å². The summed E-state index contributed by atoms with van der Waals surface area (Å²) in [5, 5.41) is 9.48. The van der Waals surface area contributed by atoms with E-state index in [0.29, 0.717) is 58.8 Å². The molecule has 9 nitrogen and oxygen atoms in total. The van der Waals surface area contributed by atoms with Crippen LogP contribution in [0.15, 0.2) is 42.7 Å². The molecule has 0 bridgehead atoms. The number of likely N-dealkylation sites (tertiary alicyclic amines) is 1. The van der Waals surface area contributed by atoms with Gasteiger partial charge in [-0.2, -0.15) is 14.5 Å². The number of hydrogen-bond acceptors (Lipinski definition) is 6. The highest BCUT2D eigenvalue weighted by molar-refractivity contribution is 6.32. The quantitative estimate of drug-likeness (QED) is 0.388. The fourth-order valence-electron chi connectivity index (χ4n) is 4.78. The van der Waals surface area contributed by atoms with E-state index in [1.165, 1.54) is 12.4 Å². The number of aromatic amines is 1. The van der Waals surface area contributed by atoms with Crippen LogP contribution in [-0.4, -0.2) is 61.1 Å². The van der Waals surface area contributed by atoms with Crippen molar-refractivity contribution in [3.63, 3.8) is 0 Å². The highest BCUT2D eigenvalue weighted by Gasteiger charge is 2.47. The summed E-state index contributed by atoms with van der Waals surface area (Å²) < 4.78 is 42.1. The third-order valence-corrected chi connectivity index (χ3v) is 7.13. The Morgan fingerprint density at radius 3 is 2.63 bits per heavy atom. The number of nitrogens with one attached hydrogen (secondary N) is 2. The Balaban J connectivity index is 1.19. The largest absolute Gasteiger partial charge is 0.342 e. The van der Waals surface area contributed by atoms with Gasteiger partial charge in [-0.05, 0) is 35.7 Å². The van der Waals surface area contributed by atoms with Crippen LogP contribution in [0.1, 0.15) is 21.7 Å². The number of aromatic nitrogens is 5. The molecule has 1 saturated heterocycles. The van der Waals surface area contributed by atoms with Gasteiger partial charge in [-0.1, -0.05) is 23.7 Å². The molecule has 6 rings (SSSR count). The average Bonchev–Trinajstić information content (AvgIpc) is 3.46. The monoisotopic (exact) mass is 542 g/mol. The summed E-state index contributed by atoms with van der Waals surface area (Å²) in [6, 6.07) is 8.87. The number of rotatable bonds is 5. The molecule has 0 saturated carbocycles. The molecule has 0 radical (unpaired) electrons. The molecule has 1 fully saturated rings. The van der Waals surface area contributed by atoms with Crippen LogP contribution >= 0.6 is 11.6 Å². The maximum Gasteiger partial charge on any atom is 0.282 e. The maximum absolute atomic E-state index is 13.8. The number of nitrogens with zero attached hydrogens (tertiary/aromatic N) is 6. The van der Waals surface area contributed by atoms with Crippen LogP contribution in [0, 0.1) is 5.95 Å². The summed E-state index contributed by atoms with van der Waals surface area (Å²) in [4.78, 5) is 24.9. The smallest absolute Gasteiger partial charge is 0.282 e. The van der Waals surface area contributed by atoms with Crippen molar-refractivity contribution in [3.05, 3.63) is 70.6 Å². The van der Waals surface area contributed by atoms with Gasteiger partial charge >= 0.3 is 0 Å². The van der Waals surface area contributed by atoms with Crippen LogP contribution in [-0.2, 0) is 20.0 Å². The lowest BCUT2D eigenvalue weighted by molar-refractivity contribution is -0.113. The second kappa shape index (κ2) is 9.05. The first kappa shape index (κ1) is 24.3. The Morgan fingerprint density at radius 1 is 1.18 bits per heavy atom. The summed E-state index contributed by atoms with van der Waals surface area (Å²) in [6.07, 6.45) is 3.58. The molecule has 38 heavy (non-hydrogen) atoms. The Bertz CT molecular complexity index is 1530. The number of hydrogen-bond donors (Lipinski definition) is 2. The number of fused-ring (bicyclic) bond motifs is 1. The van der Waals surface area contributed by atoms with Crippen LogP contribution in [0.2, 0.25) is 5.02 Å². The van der Waals surface area contributed by atoms with Crippen molar-refractivity contribution in [2.24, 2.45) is 7.05 Å². The Hall–Kier alpha value is -4.06. The van der Waals surface area contributed by atoms with Crippen molar-refractivity contribution in [1.29, 1.82) is 0 Å². The maximum atomic E-state index is 13.8. The molecule has 4 aromatic rings. The lowest BCUT2D eigenvalue weighted by Crippen LogP contribution is -2.58. The number of carbonyl (C=O) groups excluding carboxylic acids is 1. The number of carbonyl (C=O) groups is 1. The summed E-state index contributed by atoms with van der Waals surface area (Å²) >= 11 is 6.36. The van der Waals surface area contributed by atoms with E-state index in [9.17, 15) is 18.0 Å². The van der Waals surface area contributed by atoms with E-state index in [0.717, 1.165) is 16.2 Å². The van der Waals surface area contributed by atoms with E-state index in [-0.39, 0.29) is 0 Å². The van der Waals surface area contributed by atoms with Gasteiger partial charge in [0.2, 0.25) is 11.9 Å². The average molecular weight is 543 g/mol. The van der Waals surface area contributed by atoms with Crippen molar-refractivity contribution in [1.82, 2.24) is 29.6 Å². The van der Waals surface area contributed by atoms with Crippen molar-refractivity contribution < 1.29 is 18.0 Å².